The van der Waals surface area contributed by atoms with E-state index in [-0.39, 0.29) is 12.3 Å². The van der Waals surface area contributed by atoms with E-state index in [9.17, 15) is 4.79 Å². The number of benzene rings is 2. The van der Waals surface area contributed by atoms with Crippen molar-refractivity contribution in [2.75, 3.05) is 6.61 Å². The second kappa shape index (κ2) is 7.90. The van der Waals surface area contributed by atoms with Gasteiger partial charge in [-0.05, 0) is 49.1 Å². The van der Waals surface area contributed by atoms with E-state index in [1.807, 2.05) is 30.3 Å². The molecule has 0 amide bonds. The van der Waals surface area contributed by atoms with Crippen molar-refractivity contribution in [3.05, 3.63) is 65.7 Å². The van der Waals surface area contributed by atoms with Crippen LogP contribution in [0.3, 0.4) is 0 Å². The largest absolute Gasteiger partial charge is 0.423 e. The van der Waals surface area contributed by atoms with Crippen LogP contribution in [0.25, 0.3) is 0 Å². The minimum atomic E-state index is -0.369. The van der Waals surface area contributed by atoms with Crippen LogP contribution in [0.1, 0.15) is 35.2 Å². The van der Waals surface area contributed by atoms with Crippen molar-refractivity contribution in [1.82, 2.24) is 0 Å². The summed E-state index contributed by atoms with van der Waals surface area (Å²) in [7, 11) is 0. The van der Waals surface area contributed by atoms with Gasteiger partial charge in [0.2, 0.25) is 0 Å². The van der Waals surface area contributed by atoms with Gasteiger partial charge in [-0.3, -0.25) is 0 Å². The number of ether oxygens (including phenoxy) is 3. The molecular formula is C19H20O4. The molecule has 1 aliphatic heterocycles. The Balaban J connectivity index is 1.59. The topological polar surface area (TPSA) is 44.8 Å². The maximum absolute atomic E-state index is 12.2. The van der Waals surface area contributed by atoms with Gasteiger partial charge in [-0.25, -0.2) is 4.79 Å². The third kappa shape index (κ3) is 4.65. The molecule has 0 bridgehead atoms. The van der Waals surface area contributed by atoms with E-state index in [2.05, 4.69) is 0 Å². The van der Waals surface area contributed by atoms with Crippen LogP contribution < -0.4 is 4.74 Å². The molecule has 1 saturated heterocycles. The molecule has 0 spiro atoms. The van der Waals surface area contributed by atoms with Gasteiger partial charge in [0.15, 0.2) is 6.29 Å². The van der Waals surface area contributed by atoms with Crippen LogP contribution in [0, 0.1) is 0 Å². The highest BCUT2D eigenvalue weighted by molar-refractivity contribution is 5.91. The van der Waals surface area contributed by atoms with Crippen molar-refractivity contribution in [1.29, 1.82) is 0 Å². The molecule has 2 aromatic carbocycles. The molecule has 0 N–H and O–H groups in total. The summed E-state index contributed by atoms with van der Waals surface area (Å²) < 4.78 is 16.6. The first kappa shape index (κ1) is 15.7. The third-order valence-electron chi connectivity index (χ3n) is 3.69. The van der Waals surface area contributed by atoms with E-state index >= 15 is 0 Å². The number of esters is 1. The molecule has 1 unspecified atom stereocenters. The van der Waals surface area contributed by atoms with Crippen molar-refractivity contribution in [2.24, 2.45) is 0 Å². The second-order valence-electron chi connectivity index (χ2n) is 5.51. The lowest BCUT2D eigenvalue weighted by atomic mass is 10.1. The number of rotatable bonds is 5. The maximum atomic E-state index is 12.2. The molecule has 0 aromatic heterocycles. The molecule has 4 nitrogen and oxygen atoms in total. The standard InChI is InChI=1S/C19H20O4/c20-19(23-17-9-2-1-3-10-17)16-8-6-7-15(13-16)14-22-18-11-4-5-12-21-18/h1-3,6-10,13,18H,4-5,11-12,14H2. The van der Waals surface area contributed by atoms with E-state index in [1.165, 1.54) is 0 Å². The van der Waals surface area contributed by atoms with Gasteiger partial charge in [0, 0.05) is 6.61 Å². The summed E-state index contributed by atoms with van der Waals surface area (Å²) in [4.78, 5) is 12.2. The molecule has 1 atom stereocenters. The number of hydrogen-bond donors (Lipinski definition) is 0. The average molecular weight is 312 g/mol. The van der Waals surface area contributed by atoms with Crippen LogP contribution in [-0.4, -0.2) is 18.9 Å². The summed E-state index contributed by atoms with van der Waals surface area (Å²) in [5, 5.41) is 0. The Morgan fingerprint density at radius 2 is 1.96 bits per heavy atom. The maximum Gasteiger partial charge on any atom is 0.343 e. The van der Waals surface area contributed by atoms with Crippen LogP contribution in [-0.2, 0) is 16.1 Å². The lowest BCUT2D eigenvalue weighted by molar-refractivity contribution is -0.168. The van der Waals surface area contributed by atoms with Gasteiger partial charge in [0.1, 0.15) is 5.75 Å². The van der Waals surface area contributed by atoms with Crippen molar-refractivity contribution < 1.29 is 19.0 Å². The Hall–Kier alpha value is -2.17. The predicted octanol–water partition coefficient (Wildman–Crippen LogP) is 3.95. The van der Waals surface area contributed by atoms with Crippen LogP contribution in [0.15, 0.2) is 54.6 Å². The Morgan fingerprint density at radius 3 is 2.74 bits per heavy atom. The predicted molar refractivity (Wildman–Crippen MR) is 86.2 cm³/mol. The molecule has 1 heterocycles. The quantitative estimate of drug-likeness (QED) is 0.619. The first-order valence-corrected chi connectivity index (χ1v) is 7.90. The summed E-state index contributed by atoms with van der Waals surface area (Å²) in [6.07, 6.45) is 3.02. The first-order chi connectivity index (χ1) is 11.3. The molecule has 4 heteroatoms. The molecule has 23 heavy (non-hydrogen) atoms. The Labute approximate surface area is 136 Å². The molecule has 1 aliphatic rings. The highest BCUT2D eigenvalue weighted by Crippen LogP contribution is 2.17. The third-order valence-corrected chi connectivity index (χ3v) is 3.69. The Kier molecular flexibility index (Phi) is 5.40. The molecule has 0 aliphatic carbocycles. The van der Waals surface area contributed by atoms with Crippen LogP contribution in [0.5, 0.6) is 5.75 Å². The van der Waals surface area contributed by atoms with Crippen molar-refractivity contribution in [3.8, 4) is 5.75 Å². The Morgan fingerprint density at radius 1 is 1.09 bits per heavy atom. The van der Waals surface area contributed by atoms with E-state index in [0.717, 1.165) is 31.4 Å². The van der Waals surface area contributed by atoms with Gasteiger partial charge in [0.25, 0.3) is 0 Å². The van der Waals surface area contributed by atoms with Crippen LogP contribution >= 0.6 is 0 Å². The summed E-state index contributed by atoms with van der Waals surface area (Å²) in [6.45, 7) is 1.19. The lowest BCUT2D eigenvalue weighted by Crippen LogP contribution is -2.22. The first-order valence-electron chi connectivity index (χ1n) is 7.90. The van der Waals surface area contributed by atoms with Gasteiger partial charge in [-0.15, -0.1) is 0 Å². The normalized spacial score (nSPS) is 17.7. The monoisotopic (exact) mass is 312 g/mol. The van der Waals surface area contributed by atoms with Crippen LogP contribution in [0.2, 0.25) is 0 Å². The number of carbonyl (C=O) groups excluding carboxylic acids is 1. The molecule has 0 saturated carbocycles. The van der Waals surface area contributed by atoms with Crippen molar-refractivity contribution >= 4 is 5.97 Å². The average Bonchev–Trinajstić information content (AvgIpc) is 2.62. The SMILES string of the molecule is O=C(Oc1ccccc1)c1cccc(COC2CCCCO2)c1. The number of hydrogen-bond acceptors (Lipinski definition) is 4. The number of para-hydroxylation sites is 1. The molecule has 120 valence electrons. The highest BCUT2D eigenvalue weighted by Gasteiger charge is 2.14. The van der Waals surface area contributed by atoms with Gasteiger partial charge >= 0.3 is 5.97 Å². The minimum absolute atomic E-state index is 0.135. The Bertz CT molecular complexity index is 633. The number of carbonyl (C=O) groups is 1. The summed E-state index contributed by atoms with van der Waals surface area (Å²) in [6, 6.07) is 16.4. The lowest BCUT2D eigenvalue weighted by Gasteiger charge is -2.22. The summed E-state index contributed by atoms with van der Waals surface area (Å²) >= 11 is 0. The van der Waals surface area contributed by atoms with Crippen molar-refractivity contribution in [3.63, 3.8) is 0 Å². The van der Waals surface area contributed by atoms with Gasteiger partial charge in [-0.1, -0.05) is 30.3 Å². The molecule has 2 aromatic rings. The smallest absolute Gasteiger partial charge is 0.343 e. The zero-order valence-electron chi connectivity index (χ0n) is 12.9. The fraction of sp³-hybridized carbons (Fsp3) is 0.316. The van der Waals surface area contributed by atoms with Gasteiger partial charge in [-0.2, -0.15) is 0 Å². The second-order valence-corrected chi connectivity index (χ2v) is 5.51. The van der Waals surface area contributed by atoms with Gasteiger partial charge in [0.05, 0.1) is 12.2 Å². The fourth-order valence-corrected chi connectivity index (χ4v) is 2.47. The fourth-order valence-electron chi connectivity index (χ4n) is 2.47. The summed E-state index contributed by atoms with van der Waals surface area (Å²) in [5.41, 5.74) is 1.45. The van der Waals surface area contributed by atoms with Crippen molar-refractivity contribution in [2.45, 2.75) is 32.2 Å². The molecular weight excluding hydrogens is 292 g/mol. The van der Waals surface area contributed by atoms with Gasteiger partial charge < -0.3 is 14.2 Å². The van der Waals surface area contributed by atoms with E-state index < -0.39 is 0 Å². The molecule has 0 radical (unpaired) electrons. The van der Waals surface area contributed by atoms with Crippen LogP contribution in [0.4, 0.5) is 0 Å². The summed E-state index contributed by atoms with van der Waals surface area (Å²) in [5.74, 6) is 0.168. The minimum Gasteiger partial charge on any atom is -0.423 e. The molecule has 1 fully saturated rings. The zero-order valence-corrected chi connectivity index (χ0v) is 12.9. The van der Waals surface area contributed by atoms with E-state index in [1.54, 1.807) is 24.3 Å². The molecule has 3 rings (SSSR count). The van der Waals surface area contributed by atoms with E-state index in [4.69, 9.17) is 14.2 Å². The highest BCUT2D eigenvalue weighted by atomic mass is 16.7. The van der Waals surface area contributed by atoms with E-state index in [0.29, 0.717) is 17.9 Å². The zero-order chi connectivity index (χ0) is 15.9.